The van der Waals surface area contributed by atoms with Gasteiger partial charge >= 0.3 is 6.36 Å². The summed E-state index contributed by atoms with van der Waals surface area (Å²) in [5, 5.41) is 5.93. The molecule has 10 nitrogen and oxygen atoms in total. The SMILES string of the molecule is COc1cccc2[nH]c(C(=O)N3CC4CCCC4C3C(=O)NC(CC3CCNC3=O)C(=O)COC(F)(F)F)cc12. The van der Waals surface area contributed by atoms with E-state index in [1.165, 1.54) is 12.0 Å². The van der Waals surface area contributed by atoms with Gasteiger partial charge in [-0.2, -0.15) is 0 Å². The molecule has 5 unspecified atom stereocenters. The Labute approximate surface area is 227 Å². The quantitative estimate of drug-likeness (QED) is 0.429. The number of amides is 3. The third kappa shape index (κ3) is 5.65. The van der Waals surface area contributed by atoms with Gasteiger partial charge in [-0.1, -0.05) is 12.5 Å². The first-order valence-electron chi connectivity index (χ1n) is 13.3. The maximum atomic E-state index is 13.7. The summed E-state index contributed by atoms with van der Waals surface area (Å²) in [6, 6.07) is 4.73. The predicted octanol–water partition coefficient (Wildman–Crippen LogP) is 2.53. The van der Waals surface area contributed by atoms with E-state index < -0.39 is 48.6 Å². The number of aromatic amines is 1. The van der Waals surface area contributed by atoms with Crippen molar-refractivity contribution in [2.24, 2.45) is 17.8 Å². The molecule has 0 bridgehead atoms. The number of carbonyl (C=O) groups is 4. The highest BCUT2D eigenvalue weighted by atomic mass is 19.4. The lowest BCUT2D eigenvalue weighted by atomic mass is 9.92. The minimum absolute atomic E-state index is 0.0851. The molecule has 5 rings (SSSR count). The van der Waals surface area contributed by atoms with Crippen LogP contribution in [-0.4, -0.2) is 78.6 Å². The Hall–Kier alpha value is -3.61. The van der Waals surface area contributed by atoms with Crippen LogP contribution in [0.1, 0.15) is 42.6 Å². The summed E-state index contributed by atoms with van der Waals surface area (Å²) in [6.45, 7) is -0.574. The number of alkyl halides is 3. The summed E-state index contributed by atoms with van der Waals surface area (Å²) < 4.78 is 47.0. The van der Waals surface area contributed by atoms with Crippen molar-refractivity contribution < 1.29 is 41.8 Å². The van der Waals surface area contributed by atoms with Crippen LogP contribution in [0.4, 0.5) is 13.2 Å². The molecule has 0 spiro atoms. The maximum absolute atomic E-state index is 13.7. The van der Waals surface area contributed by atoms with Gasteiger partial charge in [0, 0.05) is 29.9 Å². The Kier molecular flexibility index (Phi) is 7.76. The largest absolute Gasteiger partial charge is 0.522 e. The van der Waals surface area contributed by atoms with Crippen LogP contribution in [0.2, 0.25) is 0 Å². The van der Waals surface area contributed by atoms with Gasteiger partial charge in [-0.3, -0.25) is 23.9 Å². The summed E-state index contributed by atoms with van der Waals surface area (Å²) in [4.78, 5) is 57.0. The maximum Gasteiger partial charge on any atom is 0.522 e. The number of rotatable bonds is 9. The van der Waals surface area contributed by atoms with Crippen molar-refractivity contribution in [2.45, 2.75) is 50.6 Å². The van der Waals surface area contributed by atoms with E-state index in [-0.39, 0.29) is 29.9 Å². The fourth-order valence-electron chi connectivity index (χ4n) is 6.36. The number of hydrogen-bond acceptors (Lipinski definition) is 6. The third-order valence-corrected chi connectivity index (χ3v) is 8.26. The molecule has 1 aromatic carbocycles. The van der Waals surface area contributed by atoms with Crippen LogP contribution in [0.15, 0.2) is 24.3 Å². The van der Waals surface area contributed by atoms with E-state index >= 15 is 0 Å². The molecule has 40 heavy (non-hydrogen) atoms. The molecule has 3 N–H and O–H groups in total. The fourth-order valence-corrected chi connectivity index (χ4v) is 6.36. The molecule has 0 radical (unpaired) electrons. The summed E-state index contributed by atoms with van der Waals surface area (Å²) in [6.07, 6.45) is -2.37. The average molecular weight is 565 g/mol. The molecule has 2 aromatic rings. The molecule has 3 amide bonds. The summed E-state index contributed by atoms with van der Waals surface area (Å²) in [5.41, 5.74) is 0.958. The van der Waals surface area contributed by atoms with Gasteiger partial charge in [0.2, 0.25) is 11.8 Å². The molecular weight excluding hydrogens is 533 g/mol. The van der Waals surface area contributed by atoms with Crippen LogP contribution < -0.4 is 15.4 Å². The van der Waals surface area contributed by atoms with Gasteiger partial charge in [0.05, 0.1) is 13.2 Å². The Bertz CT molecular complexity index is 1310. The van der Waals surface area contributed by atoms with E-state index in [1.54, 1.807) is 24.3 Å². The zero-order valence-corrected chi connectivity index (χ0v) is 21.9. The minimum Gasteiger partial charge on any atom is -0.496 e. The van der Waals surface area contributed by atoms with Crippen molar-refractivity contribution in [1.82, 2.24) is 20.5 Å². The number of aromatic nitrogens is 1. The normalized spacial score (nSPS) is 25.1. The van der Waals surface area contributed by atoms with E-state index in [0.717, 1.165) is 12.8 Å². The average Bonchev–Trinajstić information content (AvgIpc) is 3.69. The third-order valence-electron chi connectivity index (χ3n) is 8.26. The lowest BCUT2D eigenvalue weighted by Gasteiger charge is -2.29. The second-order valence-corrected chi connectivity index (χ2v) is 10.6. The highest BCUT2D eigenvalue weighted by Crippen LogP contribution is 2.43. The molecule has 1 saturated carbocycles. The number of likely N-dealkylation sites (tertiary alicyclic amines) is 1. The van der Waals surface area contributed by atoms with Crippen LogP contribution >= 0.6 is 0 Å². The van der Waals surface area contributed by atoms with Gasteiger partial charge < -0.3 is 25.3 Å². The van der Waals surface area contributed by atoms with Gasteiger partial charge in [-0.05, 0) is 55.7 Å². The second-order valence-electron chi connectivity index (χ2n) is 10.6. The minimum atomic E-state index is -5.02. The number of nitrogens with zero attached hydrogens (tertiary/aromatic N) is 1. The number of ether oxygens (including phenoxy) is 2. The lowest BCUT2D eigenvalue weighted by Crippen LogP contribution is -2.54. The summed E-state index contributed by atoms with van der Waals surface area (Å²) >= 11 is 0. The highest BCUT2D eigenvalue weighted by Gasteiger charge is 2.50. The number of methoxy groups -OCH3 is 1. The van der Waals surface area contributed by atoms with Gasteiger partial charge in [-0.25, -0.2) is 0 Å². The molecule has 3 aliphatic rings. The molecule has 1 aliphatic carbocycles. The Morgan fingerprint density at radius 1 is 1.20 bits per heavy atom. The van der Waals surface area contributed by atoms with Crippen LogP contribution in [0.5, 0.6) is 5.75 Å². The fraction of sp³-hybridized carbons (Fsp3) is 0.556. The van der Waals surface area contributed by atoms with E-state index in [0.29, 0.717) is 42.6 Å². The van der Waals surface area contributed by atoms with Gasteiger partial charge in [0.1, 0.15) is 24.1 Å². The van der Waals surface area contributed by atoms with Crippen molar-refractivity contribution in [1.29, 1.82) is 0 Å². The molecule has 2 aliphatic heterocycles. The molecule has 13 heteroatoms. The van der Waals surface area contributed by atoms with Crippen molar-refractivity contribution in [3.63, 3.8) is 0 Å². The van der Waals surface area contributed by atoms with E-state index in [9.17, 15) is 32.3 Å². The van der Waals surface area contributed by atoms with E-state index in [2.05, 4.69) is 20.4 Å². The first-order valence-corrected chi connectivity index (χ1v) is 13.3. The van der Waals surface area contributed by atoms with Gasteiger partial charge in [0.25, 0.3) is 5.91 Å². The number of Topliss-reactive ketones (excluding diaryl/α,β-unsaturated/α-hetero) is 1. The molecule has 2 saturated heterocycles. The van der Waals surface area contributed by atoms with Crippen LogP contribution in [0, 0.1) is 17.8 Å². The standard InChI is InChI=1S/C27H31F3N4O6/c1-39-22-7-3-6-18-17(22)11-20(32-18)26(38)34-12-15-4-2-5-16(15)23(34)25(37)33-19(10-14-8-9-31-24(14)36)21(35)13-40-27(28,29)30/h3,6-7,11,14-16,19,23,32H,2,4-5,8-10,12-13H2,1H3,(H,31,36)(H,33,37). The molecule has 3 fully saturated rings. The Balaban J connectivity index is 1.38. The topological polar surface area (TPSA) is 130 Å². The molecule has 5 atom stereocenters. The number of H-pyrrole nitrogens is 1. The monoisotopic (exact) mass is 564 g/mol. The zero-order chi connectivity index (χ0) is 28.6. The Morgan fingerprint density at radius 2 is 2.00 bits per heavy atom. The van der Waals surface area contributed by atoms with Gasteiger partial charge in [0.15, 0.2) is 5.78 Å². The van der Waals surface area contributed by atoms with Crippen molar-refractivity contribution in [3.05, 3.63) is 30.0 Å². The highest BCUT2D eigenvalue weighted by molar-refractivity contribution is 6.02. The zero-order valence-electron chi connectivity index (χ0n) is 21.9. The predicted molar refractivity (Wildman–Crippen MR) is 135 cm³/mol. The summed E-state index contributed by atoms with van der Waals surface area (Å²) in [7, 11) is 1.53. The second kappa shape index (κ2) is 11.1. The van der Waals surface area contributed by atoms with Crippen molar-refractivity contribution >= 4 is 34.4 Å². The first-order chi connectivity index (χ1) is 19.1. The first kappa shape index (κ1) is 27.9. The number of halogens is 3. The van der Waals surface area contributed by atoms with Crippen LogP contribution in [0.3, 0.4) is 0 Å². The van der Waals surface area contributed by atoms with Crippen molar-refractivity contribution in [3.8, 4) is 5.75 Å². The number of hydrogen-bond donors (Lipinski definition) is 3. The van der Waals surface area contributed by atoms with E-state index in [4.69, 9.17) is 4.74 Å². The molecule has 3 heterocycles. The Morgan fingerprint density at radius 3 is 2.70 bits per heavy atom. The van der Waals surface area contributed by atoms with E-state index in [1.807, 2.05) is 0 Å². The molecule has 1 aromatic heterocycles. The van der Waals surface area contributed by atoms with Crippen molar-refractivity contribution in [2.75, 3.05) is 26.8 Å². The lowest BCUT2D eigenvalue weighted by molar-refractivity contribution is -0.321. The van der Waals surface area contributed by atoms with Crippen LogP contribution in [-0.2, 0) is 19.1 Å². The number of ketones is 1. The van der Waals surface area contributed by atoms with Crippen LogP contribution in [0.25, 0.3) is 10.9 Å². The molecular formula is C27H31F3N4O6. The number of carbonyl (C=O) groups excluding carboxylic acids is 4. The number of nitrogens with one attached hydrogen (secondary N) is 3. The van der Waals surface area contributed by atoms with Gasteiger partial charge in [-0.15, -0.1) is 13.2 Å². The smallest absolute Gasteiger partial charge is 0.496 e. The summed E-state index contributed by atoms with van der Waals surface area (Å²) in [5.74, 6) is -2.47. The number of benzene rings is 1. The number of fused-ring (bicyclic) bond motifs is 2. The molecule has 216 valence electrons.